The average molecular weight is 279 g/mol. The maximum Gasteiger partial charge on any atom is 0.193 e. The van der Waals surface area contributed by atoms with Gasteiger partial charge in [0, 0.05) is 24.3 Å². The molecular formula is C15H25N3S. The number of nitrogens with zero attached hydrogens (tertiary/aromatic N) is 2. The Morgan fingerprint density at radius 2 is 2.26 bits per heavy atom. The fourth-order valence-corrected chi connectivity index (χ4v) is 3.02. The van der Waals surface area contributed by atoms with Crippen LogP contribution in [-0.4, -0.2) is 22.5 Å². The first kappa shape index (κ1) is 14.5. The number of hydrogen-bond acceptors (Lipinski definition) is 3. The first-order chi connectivity index (χ1) is 9.05. The van der Waals surface area contributed by atoms with Crippen molar-refractivity contribution in [3.63, 3.8) is 0 Å². The van der Waals surface area contributed by atoms with Crippen molar-refractivity contribution >= 4 is 16.3 Å². The quantitative estimate of drug-likeness (QED) is 0.785. The van der Waals surface area contributed by atoms with E-state index in [0.29, 0.717) is 5.92 Å². The molecule has 19 heavy (non-hydrogen) atoms. The van der Waals surface area contributed by atoms with Gasteiger partial charge in [-0.2, -0.15) is 0 Å². The van der Waals surface area contributed by atoms with Crippen LogP contribution < -0.4 is 5.32 Å². The van der Waals surface area contributed by atoms with Crippen LogP contribution in [0.3, 0.4) is 0 Å². The smallest absolute Gasteiger partial charge is 0.193 e. The molecule has 0 aromatic carbocycles. The third kappa shape index (κ3) is 3.37. The van der Waals surface area contributed by atoms with Crippen molar-refractivity contribution in [3.05, 3.63) is 23.5 Å². The molecule has 2 aromatic rings. The Kier molecular flexibility index (Phi) is 4.63. The van der Waals surface area contributed by atoms with Crippen LogP contribution in [0.25, 0.3) is 4.96 Å². The zero-order chi connectivity index (χ0) is 13.9. The van der Waals surface area contributed by atoms with Gasteiger partial charge in [0.1, 0.15) is 0 Å². The van der Waals surface area contributed by atoms with Crippen molar-refractivity contribution in [2.75, 3.05) is 13.1 Å². The van der Waals surface area contributed by atoms with Gasteiger partial charge in [-0.3, -0.25) is 4.40 Å². The van der Waals surface area contributed by atoms with Gasteiger partial charge in [0.15, 0.2) is 4.96 Å². The van der Waals surface area contributed by atoms with Crippen LogP contribution in [-0.2, 0) is 6.42 Å². The summed E-state index contributed by atoms with van der Waals surface area (Å²) in [7, 11) is 0. The second-order valence-electron chi connectivity index (χ2n) is 5.99. The highest BCUT2D eigenvalue weighted by atomic mass is 32.1. The van der Waals surface area contributed by atoms with E-state index < -0.39 is 0 Å². The maximum absolute atomic E-state index is 4.72. The molecule has 0 spiro atoms. The number of imidazole rings is 1. The molecule has 106 valence electrons. The van der Waals surface area contributed by atoms with Crippen LogP contribution in [0.4, 0.5) is 0 Å². The first-order valence-corrected chi connectivity index (χ1v) is 8.05. The predicted octanol–water partition coefficient (Wildman–Crippen LogP) is 3.60. The summed E-state index contributed by atoms with van der Waals surface area (Å²) in [5.74, 6) is 0.636. The van der Waals surface area contributed by atoms with Crippen LogP contribution in [0, 0.1) is 11.3 Å². The Hall–Kier alpha value is -0.870. The summed E-state index contributed by atoms with van der Waals surface area (Å²) in [6, 6.07) is 0. The Balaban J connectivity index is 2.08. The van der Waals surface area contributed by atoms with Crippen LogP contribution in [0.5, 0.6) is 0 Å². The predicted molar refractivity (Wildman–Crippen MR) is 82.9 cm³/mol. The highest BCUT2D eigenvalue weighted by Crippen LogP contribution is 2.30. The lowest BCUT2D eigenvalue weighted by Gasteiger charge is -2.33. The van der Waals surface area contributed by atoms with Crippen molar-refractivity contribution in [2.45, 2.75) is 40.5 Å². The van der Waals surface area contributed by atoms with E-state index in [9.17, 15) is 0 Å². The van der Waals surface area contributed by atoms with Crippen molar-refractivity contribution in [3.8, 4) is 0 Å². The molecular weight excluding hydrogens is 254 g/mol. The van der Waals surface area contributed by atoms with Crippen molar-refractivity contribution < 1.29 is 0 Å². The van der Waals surface area contributed by atoms with Gasteiger partial charge < -0.3 is 5.32 Å². The summed E-state index contributed by atoms with van der Waals surface area (Å²) in [4.78, 5) is 5.82. The third-order valence-electron chi connectivity index (χ3n) is 4.08. The van der Waals surface area contributed by atoms with Crippen molar-refractivity contribution in [1.82, 2.24) is 14.7 Å². The minimum absolute atomic E-state index is 0.263. The molecule has 0 bridgehead atoms. The van der Waals surface area contributed by atoms with Crippen LogP contribution in [0.2, 0.25) is 0 Å². The molecule has 0 fully saturated rings. The lowest BCUT2D eigenvalue weighted by Crippen LogP contribution is -2.38. The standard InChI is InChI=1S/C15H25N3S/c1-5-6-16-11-15(4,12(2)3)9-13-10-18-7-8-19-14(18)17-13/h7-8,10,12,16H,5-6,9,11H2,1-4H3. The van der Waals surface area contributed by atoms with E-state index in [1.54, 1.807) is 11.3 Å². The number of aromatic nitrogens is 2. The second-order valence-corrected chi connectivity index (χ2v) is 6.86. The minimum atomic E-state index is 0.263. The number of fused-ring (bicyclic) bond motifs is 1. The van der Waals surface area contributed by atoms with E-state index in [-0.39, 0.29) is 5.41 Å². The van der Waals surface area contributed by atoms with Gasteiger partial charge in [-0.1, -0.05) is 27.7 Å². The summed E-state index contributed by atoms with van der Waals surface area (Å²) in [6.45, 7) is 11.4. The maximum atomic E-state index is 4.72. The molecule has 0 aliphatic carbocycles. The van der Waals surface area contributed by atoms with Crippen molar-refractivity contribution in [1.29, 1.82) is 0 Å². The Labute approximate surface area is 120 Å². The van der Waals surface area contributed by atoms with E-state index in [0.717, 1.165) is 24.5 Å². The average Bonchev–Trinajstić information content (AvgIpc) is 2.89. The van der Waals surface area contributed by atoms with Gasteiger partial charge in [-0.25, -0.2) is 4.98 Å². The zero-order valence-electron chi connectivity index (χ0n) is 12.4. The Morgan fingerprint density at radius 3 is 2.89 bits per heavy atom. The normalized spacial score (nSPS) is 15.2. The number of rotatable bonds is 7. The summed E-state index contributed by atoms with van der Waals surface area (Å²) >= 11 is 1.70. The van der Waals surface area contributed by atoms with Crippen molar-refractivity contribution in [2.24, 2.45) is 11.3 Å². The molecule has 2 heterocycles. The van der Waals surface area contributed by atoms with Gasteiger partial charge >= 0.3 is 0 Å². The lowest BCUT2D eigenvalue weighted by molar-refractivity contribution is 0.206. The summed E-state index contributed by atoms with van der Waals surface area (Å²) in [5.41, 5.74) is 1.47. The largest absolute Gasteiger partial charge is 0.316 e. The highest BCUT2D eigenvalue weighted by molar-refractivity contribution is 7.15. The van der Waals surface area contributed by atoms with E-state index in [4.69, 9.17) is 4.98 Å². The SMILES string of the molecule is CCCNCC(C)(Cc1cn2ccsc2n1)C(C)C. The summed E-state index contributed by atoms with van der Waals surface area (Å²) in [5, 5.41) is 5.65. The third-order valence-corrected chi connectivity index (χ3v) is 4.85. The number of nitrogens with one attached hydrogen (secondary N) is 1. The molecule has 1 atom stereocenters. The molecule has 0 aliphatic heterocycles. The number of hydrogen-bond donors (Lipinski definition) is 1. The fourth-order valence-electron chi connectivity index (χ4n) is 2.30. The Morgan fingerprint density at radius 1 is 1.47 bits per heavy atom. The summed E-state index contributed by atoms with van der Waals surface area (Å²) < 4.78 is 2.13. The fraction of sp³-hybridized carbons (Fsp3) is 0.667. The zero-order valence-corrected chi connectivity index (χ0v) is 13.3. The molecule has 2 aromatic heterocycles. The van der Waals surface area contributed by atoms with Crippen LogP contribution in [0.15, 0.2) is 17.8 Å². The first-order valence-electron chi connectivity index (χ1n) is 7.17. The van der Waals surface area contributed by atoms with E-state index in [1.807, 2.05) is 0 Å². The second kappa shape index (κ2) is 6.06. The molecule has 4 heteroatoms. The lowest BCUT2D eigenvalue weighted by atomic mass is 9.75. The van der Waals surface area contributed by atoms with E-state index >= 15 is 0 Å². The van der Waals surface area contributed by atoms with Gasteiger partial charge in [0.25, 0.3) is 0 Å². The molecule has 1 N–H and O–H groups in total. The molecule has 0 aliphatic rings. The molecule has 3 nitrogen and oxygen atoms in total. The van der Waals surface area contributed by atoms with Gasteiger partial charge in [0.05, 0.1) is 5.69 Å². The minimum Gasteiger partial charge on any atom is -0.316 e. The van der Waals surface area contributed by atoms with Crippen LogP contribution >= 0.6 is 11.3 Å². The molecule has 0 saturated heterocycles. The molecule has 0 amide bonds. The Bertz CT molecular complexity index is 486. The monoisotopic (exact) mass is 279 g/mol. The van der Waals surface area contributed by atoms with Gasteiger partial charge in [-0.05, 0) is 30.7 Å². The topological polar surface area (TPSA) is 29.3 Å². The molecule has 2 rings (SSSR count). The highest BCUT2D eigenvalue weighted by Gasteiger charge is 2.29. The number of thiazole rings is 1. The van der Waals surface area contributed by atoms with E-state index in [1.165, 1.54) is 12.1 Å². The van der Waals surface area contributed by atoms with Crippen LogP contribution in [0.1, 0.15) is 39.8 Å². The van der Waals surface area contributed by atoms with E-state index in [2.05, 4.69) is 55.2 Å². The molecule has 0 radical (unpaired) electrons. The van der Waals surface area contributed by atoms with Gasteiger partial charge in [-0.15, -0.1) is 11.3 Å². The summed E-state index contributed by atoms with van der Waals surface area (Å²) in [6.07, 6.45) is 6.48. The van der Waals surface area contributed by atoms with Gasteiger partial charge in [0.2, 0.25) is 0 Å². The molecule has 0 saturated carbocycles. The molecule has 1 unspecified atom stereocenters.